The number of aryl methyl sites for hydroxylation is 2. The molecule has 1 aliphatic carbocycles. The van der Waals surface area contributed by atoms with Gasteiger partial charge in [0.2, 0.25) is 0 Å². The van der Waals surface area contributed by atoms with E-state index in [1.165, 1.54) is 0 Å². The van der Waals surface area contributed by atoms with Gasteiger partial charge in [-0.3, -0.25) is 4.79 Å². The van der Waals surface area contributed by atoms with Crippen LogP contribution >= 0.6 is 0 Å². The molecule has 5 heteroatoms. The van der Waals surface area contributed by atoms with Crippen LogP contribution in [-0.2, 0) is 0 Å². The standard InChI is InChI=1S/C13H21N3O2/c1-7(14-6-11(17)10-4-5-10)12-8(2)15-9(3)16-13(12)18/h7,10-11,14,17H,4-6H2,1-3H3,(H,15,16,18). The van der Waals surface area contributed by atoms with Gasteiger partial charge < -0.3 is 15.4 Å². The van der Waals surface area contributed by atoms with Crippen LogP contribution in [0.5, 0.6) is 0 Å². The lowest BCUT2D eigenvalue weighted by atomic mass is 10.1. The fraction of sp³-hybridized carbons (Fsp3) is 0.692. The Bertz CT molecular complexity index is 480. The Morgan fingerprint density at radius 3 is 2.72 bits per heavy atom. The van der Waals surface area contributed by atoms with E-state index in [1.54, 1.807) is 6.92 Å². The SMILES string of the molecule is Cc1nc(C)c(C(C)NCC(O)C2CC2)c(=O)[nH]1. The fourth-order valence-electron chi connectivity index (χ4n) is 2.29. The fourth-order valence-corrected chi connectivity index (χ4v) is 2.29. The van der Waals surface area contributed by atoms with Gasteiger partial charge in [-0.25, -0.2) is 4.98 Å². The van der Waals surface area contributed by atoms with Gasteiger partial charge in [-0.2, -0.15) is 0 Å². The summed E-state index contributed by atoms with van der Waals surface area (Å²) in [4.78, 5) is 18.9. The third-order valence-corrected chi connectivity index (χ3v) is 3.50. The molecule has 0 spiro atoms. The Labute approximate surface area is 107 Å². The van der Waals surface area contributed by atoms with E-state index in [4.69, 9.17) is 0 Å². The maximum absolute atomic E-state index is 11.9. The molecule has 1 aromatic rings. The monoisotopic (exact) mass is 251 g/mol. The summed E-state index contributed by atoms with van der Waals surface area (Å²) in [5.74, 6) is 1.08. The first-order chi connectivity index (χ1) is 8.49. The zero-order valence-electron chi connectivity index (χ0n) is 11.2. The Kier molecular flexibility index (Phi) is 3.82. The normalized spacial score (nSPS) is 18.7. The molecular weight excluding hydrogens is 230 g/mol. The lowest BCUT2D eigenvalue weighted by Gasteiger charge is -2.17. The molecule has 0 aromatic carbocycles. The maximum atomic E-state index is 11.9. The van der Waals surface area contributed by atoms with Gasteiger partial charge in [0, 0.05) is 18.3 Å². The van der Waals surface area contributed by atoms with Crippen LogP contribution in [0.15, 0.2) is 4.79 Å². The molecule has 0 radical (unpaired) electrons. The van der Waals surface area contributed by atoms with Gasteiger partial charge in [-0.05, 0) is 39.5 Å². The lowest BCUT2D eigenvalue weighted by Crippen LogP contribution is -2.33. The van der Waals surface area contributed by atoms with Crippen molar-refractivity contribution >= 4 is 0 Å². The minimum absolute atomic E-state index is 0.0964. The van der Waals surface area contributed by atoms with E-state index in [-0.39, 0.29) is 17.7 Å². The van der Waals surface area contributed by atoms with Crippen LogP contribution in [0.25, 0.3) is 0 Å². The third kappa shape index (κ3) is 2.97. The van der Waals surface area contributed by atoms with Crippen molar-refractivity contribution in [3.8, 4) is 0 Å². The van der Waals surface area contributed by atoms with Crippen molar-refractivity contribution in [1.82, 2.24) is 15.3 Å². The summed E-state index contributed by atoms with van der Waals surface area (Å²) in [6, 6.07) is -0.102. The highest BCUT2D eigenvalue weighted by Crippen LogP contribution is 2.32. The van der Waals surface area contributed by atoms with E-state index in [2.05, 4.69) is 15.3 Å². The molecule has 2 unspecified atom stereocenters. The molecule has 0 saturated heterocycles. The van der Waals surface area contributed by atoms with E-state index in [1.807, 2.05) is 13.8 Å². The van der Waals surface area contributed by atoms with E-state index < -0.39 is 0 Å². The molecule has 18 heavy (non-hydrogen) atoms. The number of H-pyrrole nitrogens is 1. The highest BCUT2D eigenvalue weighted by molar-refractivity contribution is 5.20. The van der Waals surface area contributed by atoms with Crippen molar-refractivity contribution in [3.63, 3.8) is 0 Å². The average molecular weight is 251 g/mol. The predicted molar refractivity (Wildman–Crippen MR) is 69.5 cm³/mol. The molecule has 1 fully saturated rings. The van der Waals surface area contributed by atoms with Crippen LogP contribution in [0.3, 0.4) is 0 Å². The molecule has 1 heterocycles. The molecule has 2 rings (SSSR count). The van der Waals surface area contributed by atoms with Crippen molar-refractivity contribution < 1.29 is 5.11 Å². The Morgan fingerprint density at radius 2 is 2.17 bits per heavy atom. The van der Waals surface area contributed by atoms with Crippen molar-refractivity contribution in [2.24, 2.45) is 5.92 Å². The maximum Gasteiger partial charge on any atom is 0.255 e. The summed E-state index contributed by atoms with van der Waals surface area (Å²) in [6.07, 6.45) is 1.93. The summed E-state index contributed by atoms with van der Waals surface area (Å²) >= 11 is 0. The number of nitrogens with zero attached hydrogens (tertiary/aromatic N) is 1. The summed E-state index contributed by atoms with van der Waals surface area (Å²) in [5.41, 5.74) is 1.31. The van der Waals surface area contributed by atoms with Gasteiger partial charge in [-0.1, -0.05) is 0 Å². The van der Waals surface area contributed by atoms with Crippen LogP contribution in [0.2, 0.25) is 0 Å². The second-order valence-electron chi connectivity index (χ2n) is 5.19. The third-order valence-electron chi connectivity index (χ3n) is 3.50. The minimum atomic E-state index is -0.301. The Balaban J connectivity index is 2.03. The molecule has 0 bridgehead atoms. The minimum Gasteiger partial charge on any atom is -0.392 e. The average Bonchev–Trinajstić information content (AvgIpc) is 3.07. The van der Waals surface area contributed by atoms with Crippen LogP contribution in [0, 0.1) is 19.8 Å². The zero-order valence-corrected chi connectivity index (χ0v) is 11.2. The summed E-state index contributed by atoms with van der Waals surface area (Å²) < 4.78 is 0. The van der Waals surface area contributed by atoms with E-state index in [9.17, 15) is 9.90 Å². The van der Waals surface area contributed by atoms with Crippen molar-refractivity contribution in [1.29, 1.82) is 0 Å². The number of aromatic amines is 1. The number of aromatic nitrogens is 2. The molecule has 2 atom stereocenters. The van der Waals surface area contributed by atoms with E-state index in [0.717, 1.165) is 18.5 Å². The van der Waals surface area contributed by atoms with Gasteiger partial charge in [0.25, 0.3) is 5.56 Å². The first-order valence-electron chi connectivity index (χ1n) is 6.48. The van der Waals surface area contributed by atoms with Crippen LogP contribution < -0.4 is 10.9 Å². The van der Waals surface area contributed by atoms with Crippen LogP contribution in [-0.4, -0.2) is 27.7 Å². The topological polar surface area (TPSA) is 78.0 Å². The quantitative estimate of drug-likeness (QED) is 0.723. The smallest absolute Gasteiger partial charge is 0.255 e. The number of hydrogen-bond donors (Lipinski definition) is 3. The summed E-state index contributed by atoms with van der Waals surface area (Å²) in [7, 11) is 0. The van der Waals surface area contributed by atoms with E-state index in [0.29, 0.717) is 23.9 Å². The van der Waals surface area contributed by atoms with E-state index >= 15 is 0 Å². The second kappa shape index (κ2) is 5.20. The first-order valence-corrected chi connectivity index (χ1v) is 6.48. The molecule has 1 saturated carbocycles. The number of hydrogen-bond acceptors (Lipinski definition) is 4. The van der Waals surface area contributed by atoms with Crippen molar-refractivity contribution in [2.45, 2.75) is 45.8 Å². The van der Waals surface area contributed by atoms with Gasteiger partial charge in [-0.15, -0.1) is 0 Å². The highest BCUT2D eigenvalue weighted by atomic mass is 16.3. The molecular formula is C13H21N3O2. The molecule has 100 valence electrons. The van der Waals surface area contributed by atoms with Gasteiger partial charge >= 0.3 is 0 Å². The highest BCUT2D eigenvalue weighted by Gasteiger charge is 2.29. The zero-order chi connectivity index (χ0) is 13.3. The van der Waals surface area contributed by atoms with Crippen molar-refractivity contribution in [2.75, 3.05) is 6.54 Å². The number of nitrogens with one attached hydrogen (secondary N) is 2. The molecule has 5 nitrogen and oxygen atoms in total. The summed E-state index contributed by atoms with van der Waals surface area (Å²) in [5, 5.41) is 13.0. The number of aliphatic hydroxyl groups excluding tert-OH is 1. The molecule has 1 aromatic heterocycles. The first kappa shape index (κ1) is 13.2. The number of rotatable bonds is 5. The largest absolute Gasteiger partial charge is 0.392 e. The second-order valence-corrected chi connectivity index (χ2v) is 5.19. The molecule has 0 amide bonds. The molecule has 1 aliphatic rings. The van der Waals surface area contributed by atoms with Gasteiger partial charge in [0.15, 0.2) is 0 Å². The Morgan fingerprint density at radius 1 is 1.50 bits per heavy atom. The Hall–Kier alpha value is -1.20. The van der Waals surface area contributed by atoms with Crippen LogP contribution in [0.1, 0.15) is 42.9 Å². The van der Waals surface area contributed by atoms with Crippen LogP contribution in [0.4, 0.5) is 0 Å². The van der Waals surface area contributed by atoms with Gasteiger partial charge in [0.1, 0.15) is 5.82 Å². The molecule has 3 N–H and O–H groups in total. The lowest BCUT2D eigenvalue weighted by molar-refractivity contribution is 0.145. The summed E-state index contributed by atoms with van der Waals surface area (Å²) in [6.45, 7) is 6.06. The predicted octanol–water partition coefficient (Wildman–Crippen LogP) is 0.808. The number of aliphatic hydroxyl groups is 1. The van der Waals surface area contributed by atoms with Gasteiger partial charge in [0.05, 0.1) is 11.7 Å². The van der Waals surface area contributed by atoms with Crippen molar-refractivity contribution in [3.05, 3.63) is 27.4 Å². The molecule has 0 aliphatic heterocycles.